The Morgan fingerprint density at radius 2 is 1.82 bits per heavy atom. The molecule has 0 radical (unpaired) electrons. The lowest BCUT2D eigenvalue weighted by molar-refractivity contribution is 0.323. The van der Waals surface area contributed by atoms with Crippen molar-refractivity contribution in [1.29, 1.82) is 0 Å². The first-order valence-electron chi connectivity index (χ1n) is 7.67. The monoisotopic (exact) mass is 238 g/mol. The van der Waals surface area contributed by atoms with Gasteiger partial charge in [-0.3, -0.25) is 0 Å². The van der Waals surface area contributed by atoms with Crippen molar-refractivity contribution < 1.29 is 0 Å². The summed E-state index contributed by atoms with van der Waals surface area (Å²) in [5.74, 6) is 2.94. The van der Waals surface area contributed by atoms with Crippen LogP contribution in [0, 0.1) is 17.8 Å². The highest BCUT2D eigenvalue weighted by molar-refractivity contribution is 4.89. The van der Waals surface area contributed by atoms with E-state index >= 15 is 0 Å². The predicted molar refractivity (Wildman–Crippen MR) is 74.2 cm³/mol. The van der Waals surface area contributed by atoms with Gasteiger partial charge in [0.2, 0.25) is 0 Å². The maximum absolute atomic E-state index is 3.77. The lowest BCUT2D eigenvalue weighted by Crippen LogP contribution is -2.32. The molecule has 2 saturated carbocycles. The lowest BCUT2D eigenvalue weighted by Gasteiger charge is -2.24. The van der Waals surface area contributed by atoms with Gasteiger partial charge in [-0.15, -0.1) is 0 Å². The predicted octanol–water partition coefficient (Wildman–Crippen LogP) is 2.79. The molecule has 100 valence electrons. The summed E-state index contributed by atoms with van der Waals surface area (Å²) < 4.78 is 0. The molecule has 2 aliphatic rings. The number of rotatable bonds is 7. The zero-order valence-corrected chi connectivity index (χ0v) is 11.7. The fourth-order valence-corrected chi connectivity index (χ4v) is 3.41. The van der Waals surface area contributed by atoms with Crippen LogP contribution in [0.2, 0.25) is 0 Å². The zero-order chi connectivity index (χ0) is 12.1. The molecule has 2 heteroatoms. The van der Waals surface area contributed by atoms with Crippen LogP contribution in [0.25, 0.3) is 0 Å². The minimum Gasteiger partial charge on any atom is -0.319 e. The van der Waals surface area contributed by atoms with Crippen molar-refractivity contribution in [3.8, 4) is 0 Å². The van der Waals surface area contributed by atoms with Crippen molar-refractivity contribution in [1.82, 2.24) is 10.6 Å². The quantitative estimate of drug-likeness (QED) is 0.713. The van der Waals surface area contributed by atoms with Gasteiger partial charge in [0, 0.05) is 6.04 Å². The Morgan fingerprint density at radius 3 is 2.53 bits per heavy atom. The van der Waals surface area contributed by atoms with Crippen LogP contribution in [0.1, 0.15) is 51.9 Å². The van der Waals surface area contributed by atoms with Crippen molar-refractivity contribution >= 4 is 0 Å². The Hall–Kier alpha value is -0.0800. The highest BCUT2D eigenvalue weighted by atomic mass is 14.9. The molecule has 2 nitrogen and oxygen atoms in total. The normalized spacial score (nSPS) is 31.4. The molecule has 2 fully saturated rings. The van der Waals surface area contributed by atoms with E-state index < -0.39 is 0 Å². The molecular formula is C15H30N2. The summed E-state index contributed by atoms with van der Waals surface area (Å²) in [5.41, 5.74) is 0. The Bertz CT molecular complexity index is 211. The van der Waals surface area contributed by atoms with Crippen LogP contribution in [-0.2, 0) is 0 Å². The minimum absolute atomic E-state index is 0.726. The number of nitrogens with one attached hydrogen (secondary N) is 2. The van der Waals surface area contributed by atoms with Gasteiger partial charge in [-0.05, 0) is 70.5 Å². The Labute approximate surface area is 107 Å². The highest BCUT2D eigenvalue weighted by Crippen LogP contribution is 2.41. The van der Waals surface area contributed by atoms with Crippen molar-refractivity contribution in [2.24, 2.45) is 17.8 Å². The van der Waals surface area contributed by atoms with Gasteiger partial charge in [0.05, 0.1) is 0 Å². The molecule has 0 saturated heterocycles. The fraction of sp³-hybridized carbons (Fsp3) is 1.00. The van der Waals surface area contributed by atoms with Gasteiger partial charge in [-0.25, -0.2) is 0 Å². The summed E-state index contributed by atoms with van der Waals surface area (Å²) >= 11 is 0. The van der Waals surface area contributed by atoms with Gasteiger partial charge >= 0.3 is 0 Å². The van der Waals surface area contributed by atoms with E-state index in [0.29, 0.717) is 0 Å². The maximum atomic E-state index is 3.77. The second-order valence-corrected chi connectivity index (χ2v) is 6.36. The van der Waals surface area contributed by atoms with Crippen molar-refractivity contribution in [2.45, 2.75) is 57.9 Å². The molecule has 0 spiro atoms. The number of hydrogen-bond donors (Lipinski definition) is 2. The summed E-state index contributed by atoms with van der Waals surface area (Å²) in [6.45, 7) is 4.86. The fourth-order valence-electron chi connectivity index (χ4n) is 3.41. The molecule has 2 aliphatic carbocycles. The van der Waals surface area contributed by atoms with Gasteiger partial charge in [0.1, 0.15) is 0 Å². The SMILES string of the molecule is CNCC1CC1CC(C)NCC1CCCCC1. The molecular weight excluding hydrogens is 208 g/mol. The maximum Gasteiger partial charge on any atom is 0.00415 e. The molecule has 17 heavy (non-hydrogen) atoms. The summed E-state index contributed by atoms with van der Waals surface area (Å²) in [6.07, 6.45) is 10.2. The molecule has 0 aromatic rings. The van der Waals surface area contributed by atoms with Gasteiger partial charge in [0.25, 0.3) is 0 Å². The van der Waals surface area contributed by atoms with Crippen molar-refractivity contribution in [3.05, 3.63) is 0 Å². The molecule has 0 aromatic carbocycles. The standard InChI is InChI=1S/C15H30N2/c1-12(8-14-9-15(14)11-16-2)17-10-13-6-4-3-5-7-13/h12-17H,3-11H2,1-2H3. The van der Waals surface area contributed by atoms with E-state index in [2.05, 4.69) is 24.6 Å². The summed E-state index contributed by atoms with van der Waals surface area (Å²) in [7, 11) is 2.07. The van der Waals surface area contributed by atoms with E-state index in [1.165, 1.54) is 58.0 Å². The highest BCUT2D eigenvalue weighted by Gasteiger charge is 2.36. The largest absolute Gasteiger partial charge is 0.319 e. The van der Waals surface area contributed by atoms with Crippen LogP contribution in [0.5, 0.6) is 0 Å². The smallest absolute Gasteiger partial charge is 0.00415 e. The van der Waals surface area contributed by atoms with E-state index in [-0.39, 0.29) is 0 Å². The molecule has 0 aromatic heterocycles. The molecule has 2 N–H and O–H groups in total. The van der Waals surface area contributed by atoms with Crippen molar-refractivity contribution in [3.63, 3.8) is 0 Å². The Balaban J connectivity index is 1.53. The molecule has 2 rings (SSSR count). The number of hydrogen-bond acceptors (Lipinski definition) is 2. The third kappa shape index (κ3) is 4.59. The van der Waals surface area contributed by atoms with Crippen LogP contribution in [0.3, 0.4) is 0 Å². The first-order chi connectivity index (χ1) is 8.29. The Morgan fingerprint density at radius 1 is 1.06 bits per heavy atom. The van der Waals surface area contributed by atoms with Crippen molar-refractivity contribution in [2.75, 3.05) is 20.1 Å². The zero-order valence-electron chi connectivity index (χ0n) is 11.7. The first kappa shape index (κ1) is 13.4. The summed E-state index contributed by atoms with van der Waals surface area (Å²) in [5, 5.41) is 7.06. The average molecular weight is 238 g/mol. The molecule has 0 amide bonds. The van der Waals surface area contributed by atoms with Gasteiger partial charge in [-0.2, -0.15) is 0 Å². The van der Waals surface area contributed by atoms with Gasteiger partial charge < -0.3 is 10.6 Å². The van der Waals surface area contributed by atoms with Crippen LogP contribution < -0.4 is 10.6 Å². The minimum atomic E-state index is 0.726. The third-order valence-corrected chi connectivity index (χ3v) is 4.67. The second-order valence-electron chi connectivity index (χ2n) is 6.36. The topological polar surface area (TPSA) is 24.1 Å². The lowest BCUT2D eigenvalue weighted by atomic mass is 9.89. The Kier molecular flexibility index (Phi) is 5.30. The van der Waals surface area contributed by atoms with Crippen LogP contribution in [0.15, 0.2) is 0 Å². The van der Waals surface area contributed by atoms with E-state index in [1.54, 1.807) is 0 Å². The van der Waals surface area contributed by atoms with E-state index in [4.69, 9.17) is 0 Å². The molecule has 0 heterocycles. The van der Waals surface area contributed by atoms with Crippen LogP contribution >= 0.6 is 0 Å². The molecule has 3 unspecified atom stereocenters. The molecule has 0 bridgehead atoms. The summed E-state index contributed by atoms with van der Waals surface area (Å²) in [4.78, 5) is 0. The van der Waals surface area contributed by atoms with E-state index in [0.717, 1.165) is 23.8 Å². The molecule has 3 atom stereocenters. The van der Waals surface area contributed by atoms with Crippen LogP contribution in [-0.4, -0.2) is 26.2 Å². The first-order valence-corrected chi connectivity index (χ1v) is 7.67. The average Bonchev–Trinajstić information content (AvgIpc) is 3.06. The third-order valence-electron chi connectivity index (χ3n) is 4.67. The van der Waals surface area contributed by atoms with Crippen LogP contribution in [0.4, 0.5) is 0 Å². The molecule has 0 aliphatic heterocycles. The van der Waals surface area contributed by atoms with E-state index in [9.17, 15) is 0 Å². The van der Waals surface area contributed by atoms with Gasteiger partial charge in [-0.1, -0.05) is 19.3 Å². The summed E-state index contributed by atoms with van der Waals surface area (Å²) in [6, 6.07) is 0.726. The second kappa shape index (κ2) is 6.75. The van der Waals surface area contributed by atoms with E-state index in [1.807, 2.05) is 0 Å². The van der Waals surface area contributed by atoms with Gasteiger partial charge in [0.15, 0.2) is 0 Å².